The van der Waals surface area contributed by atoms with Crippen LogP contribution in [-0.2, 0) is 18.9 Å². The van der Waals surface area contributed by atoms with Crippen LogP contribution in [0.1, 0.15) is 108 Å². The van der Waals surface area contributed by atoms with Crippen molar-refractivity contribution in [3.8, 4) is 0 Å². The van der Waals surface area contributed by atoms with Gasteiger partial charge in [0, 0.05) is 11.4 Å². The van der Waals surface area contributed by atoms with Gasteiger partial charge < -0.3 is 31.8 Å². The normalized spacial score (nSPS) is 12.7. The molecule has 2 aromatic carbocycles. The summed E-state index contributed by atoms with van der Waals surface area (Å²) in [4.78, 5) is 4.65. The molecular formula is C30H40AuBrF5N2-3. The molecule has 0 atom stereocenters. The Morgan fingerprint density at radius 3 is 1.00 bits per heavy atom. The zero-order chi connectivity index (χ0) is 30.4. The van der Waals surface area contributed by atoms with Gasteiger partial charge in [-0.25, -0.2) is 0 Å². The van der Waals surface area contributed by atoms with E-state index in [1.54, 1.807) is 0 Å². The SMILES string of the molecule is CC(C)c1cccc(C(C)C)c1N1C=CN(c2c(C(C)C)cccc2C(C)C)[CH-]1.C[C-](F)F.F[C-](F)F.[Br][Au]. The summed E-state index contributed by atoms with van der Waals surface area (Å²) in [7, 11) is 0. The average molecular weight is 801 g/mol. The number of hydrogen-bond acceptors (Lipinski definition) is 2. The topological polar surface area (TPSA) is 6.48 Å². The van der Waals surface area contributed by atoms with Gasteiger partial charge in [0.05, 0.1) is 0 Å². The standard InChI is InChI=1S/C27H37N2.C2H3F2.CF3.Au.BrH/c1-18(2)22-11-9-12-23(19(3)4)26(22)28-15-16-29(17-28)27-24(20(5)6)13-10-14-25(27)21(7)8;1-2(3)4;2-1(3)4;;/h9-21H,1-8H3;1H3;;;1H/q3*-1;+1;/p-1. The molecule has 0 saturated heterocycles. The van der Waals surface area contributed by atoms with E-state index in [4.69, 9.17) is 0 Å². The summed E-state index contributed by atoms with van der Waals surface area (Å²) in [6, 6.07) is 13.5. The first-order chi connectivity index (χ1) is 18.2. The molecule has 2 aromatic rings. The van der Waals surface area contributed by atoms with Crippen molar-refractivity contribution < 1.29 is 40.9 Å². The summed E-state index contributed by atoms with van der Waals surface area (Å²) >= 11 is 4.97. The van der Waals surface area contributed by atoms with Crippen molar-refractivity contribution in [1.29, 1.82) is 0 Å². The molecule has 0 amide bonds. The van der Waals surface area contributed by atoms with Crippen LogP contribution in [0.2, 0.25) is 0 Å². The van der Waals surface area contributed by atoms with E-state index in [0.717, 1.165) is 6.92 Å². The Labute approximate surface area is 250 Å². The number of benzene rings is 2. The quantitative estimate of drug-likeness (QED) is 0.163. The number of anilines is 2. The van der Waals surface area contributed by atoms with Crippen LogP contribution >= 0.6 is 13.0 Å². The van der Waals surface area contributed by atoms with Gasteiger partial charge in [-0.05, 0) is 64.8 Å². The van der Waals surface area contributed by atoms with Gasteiger partial charge in [-0.15, -0.1) is 13.6 Å². The Morgan fingerprint density at radius 1 is 0.615 bits per heavy atom. The third-order valence-corrected chi connectivity index (χ3v) is 5.84. The number of para-hydroxylation sites is 2. The van der Waals surface area contributed by atoms with Crippen LogP contribution in [0.4, 0.5) is 33.3 Å². The molecule has 0 unspecified atom stereocenters. The number of hydrogen-bond donors (Lipinski definition) is 0. The van der Waals surface area contributed by atoms with E-state index < -0.39 is 13.1 Å². The van der Waals surface area contributed by atoms with Crippen LogP contribution in [0.3, 0.4) is 0 Å². The Bertz CT molecular complexity index is 862. The molecule has 0 N–H and O–H groups in total. The molecule has 0 fully saturated rings. The fourth-order valence-electron chi connectivity index (χ4n) is 4.24. The second-order valence-electron chi connectivity index (χ2n) is 10.1. The first kappa shape index (κ1) is 37.7. The van der Waals surface area contributed by atoms with Crippen molar-refractivity contribution in [1.82, 2.24) is 0 Å². The van der Waals surface area contributed by atoms with E-state index in [2.05, 4.69) is 153 Å². The third kappa shape index (κ3) is 12.4. The van der Waals surface area contributed by atoms with E-state index >= 15 is 0 Å². The molecule has 0 radical (unpaired) electrons. The first-order valence-corrected chi connectivity index (χ1v) is 17.4. The monoisotopic (exact) mass is 799 g/mol. The Morgan fingerprint density at radius 2 is 0.821 bits per heavy atom. The Hall–Kier alpha value is -1.35. The minimum atomic E-state index is -3.08. The molecule has 0 aliphatic carbocycles. The van der Waals surface area contributed by atoms with Crippen LogP contribution in [0.25, 0.3) is 0 Å². The first-order valence-electron chi connectivity index (χ1n) is 12.6. The summed E-state index contributed by atoms with van der Waals surface area (Å²) in [5, 5.41) is 0. The molecular weight excluding hydrogens is 760 g/mol. The van der Waals surface area contributed by atoms with Gasteiger partial charge >= 0.3 is 32.0 Å². The predicted octanol–water partition coefficient (Wildman–Crippen LogP) is 11.7. The van der Waals surface area contributed by atoms with Gasteiger partial charge in [0.25, 0.3) is 0 Å². The molecule has 1 heterocycles. The van der Waals surface area contributed by atoms with Gasteiger partial charge in [-0.1, -0.05) is 91.8 Å². The number of nitrogens with zero attached hydrogens (tertiary/aromatic N) is 2. The maximum absolute atomic E-state index is 10.2. The van der Waals surface area contributed by atoms with Crippen LogP contribution in [0.15, 0.2) is 48.8 Å². The predicted molar refractivity (Wildman–Crippen MR) is 154 cm³/mol. The van der Waals surface area contributed by atoms with Crippen LogP contribution in [0, 0.1) is 19.8 Å². The zero-order valence-corrected chi connectivity index (χ0v) is 27.7. The second-order valence-corrected chi connectivity index (χ2v) is 10.1. The molecule has 9 heteroatoms. The number of halogens is 6. The van der Waals surface area contributed by atoms with Gasteiger partial charge in [0.1, 0.15) is 0 Å². The van der Waals surface area contributed by atoms with E-state index in [1.807, 2.05) is 0 Å². The molecule has 0 bridgehead atoms. The van der Waals surface area contributed by atoms with Gasteiger partial charge in [-0.2, -0.15) is 0 Å². The Balaban J connectivity index is 0.00000125. The van der Waals surface area contributed by atoms with Gasteiger partial charge in [-0.3, -0.25) is 0 Å². The summed E-state index contributed by atoms with van der Waals surface area (Å²) < 4.78 is 49.3. The molecule has 0 saturated carbocycles. The van der Waals surface area contributed by atoms with E-state index in [0.29, 0.717) is 23.7 Å². The van der Waals surface area contributed by atoms with E-state index in [9.17, 15) is 22.0 Å². The van der Waals surface area contributed by atoms with Gasteiger partial charge in [0.15, 0.2) is 6.68 Å². The molecule has 1 aliphatic rings. The van der Waals surface area contributed by atoms with Crippen molar-refractivity contribution in [2.24, 2.45) is 0 Å². The van der Waals surface area contributed by atoms with Crippen LogP contribution < -0.4 is 9.80 Å². The molecule has 3 rings (SSSR count). The van der Waals surface area contributed by atoms with Crippen LogP contribution in [-0.4, -0.2) is 0 Å². The fourth-order valence-corrected chi connectivity index (χ4v) is 4.24. The minimum absolute atomic E-state index is 0.480. The molecule has 0 spiro atoms. The summed E-state index contributed by atoms with van der Waals surface area (Å²) in [6.45, 7) is 18.2. The van der Waals surface area contributed by atoms with Gasteiger partial charge in [0.2, 0.25) is 0 Å². The van der Waals surface area contributed by atoms with Crippen LogP contribution in [0.5, 0.6) is 0 Å². The molecule has 226 valence electrons. The molecule has 39 heavy (non-hydrogen) atoms. The summed E-state index contributed by atoms with van der Waals surface area (Å²) in [6.07, 6.45) is 2.85. The van der Waals surface area contributed by atoms with Crippen molar-refractivity contribution in [3.05, 3.63) is 90.8 Å². The average Bonchev–Trinajstić information content (AvgIpc) is 3.33. The fraction of sp³-hybridized carbons (Fsp3) is 0.433. The Kier molecular flexibility index (Phi) is 18.2. The maximum atomic E-state index is 10.2. The van der Waals surface area contributed by atoms with Crippen molar-refractivity contribution in [2.75, 3.05) is 9.80 Å². The molecule has 0 aromatic heterocycles. The van der Waals surface area contributed by atoms with Crippen molar-refractivity contribution >= 4 is 24.4 Å². The van der Waals surface area contributed by atoms with E-state index in [-0.39, 0.29) is 0 Å². The zero-order valence-electron chi connectivity index (χ0n) is 24.0. The number of rotatable bonds is 6. The molecule has 2 nitrogen and oxygen atoms in total. The molecule has 1 aliphatic heterocycles. The summed E-state index contributed by atoms with van der Waals surface area (Å²) in [5.41, 5.74) is 8.29. The van der Waals surface area contributed by atoms with E-state index in [1.165, 1.54) is 33.6 Å². The van der Waals surface area contributed by atoms with Crippen molar-refractivity contribution in [2.45, 2.75) is 86.0 Å². The third-order valence-electron chi connectivity index (χ3n) is 5.84. The summed E-state index contributed by atoms with van der Waals surface area (Å²) in [5.74, 6) is 1.92. The second kappa shape index (κ2) is 18.9. The van der Waals surface area contributed by atoms with Crippen molar-refractivity contribution in [3.63, 3.8) is 0 Å².